The van der Waals surface area contributed by atoms with Gasteiger partial charge in [0.15, 0.2) is 5.65 Å². The van der Waals surface area contributed by atoms with Crippen LogP contribution in [0.5, 0.6) is 0 Å². The van der Waals surface area contributed by atoms with Crippen LogP contribution in [0, 0.1) is 25.2 Å². The number of aromatic nitrogens is 3. The summed E-state index contributed by atoms with van der Waals surface area (Å²) in [4.78, 5) is 30.3. The van der Waals surface area contributed by atoms with Gasteiger partial charge in [-0.05, 0) is 44.0 Å². The Morgan fingerprint density at radius 1 is 1.37 bits per heavy atom. The number of nitriles is 1. The molecule has 4 rings (SSSR count). The third-order valence-corrected chi connectivity index (χ3v) is 5.13. The van der Waals surface area contributed by atoms with Gasteiger partial charge in [0.2, 0.25) is 5.91 Å². The highest BCUT2D eigenvalue weighted by Gasteiger charge is 2.23. The monoisotopic (exact) mass is 404 g/mol. The highest BCUT2D eigenvalue weighted by atomic mass is 16.6. The van der Waals surface area contributed by atoms with Gasteiger partial charge in [0, 0.05) is 29.2 Å². The van der Waals surface area contributed by atoms with Crippen LogP contribution >= 0.6 is 0 Å². The molecule has 0 bridgehead atoms. The van der Waals surface area contributed by atoms with Gasteiger partial charge >= 0.3 is 6.09 Å². The van der Waals surface area contributed by atoms with E-state index >= 15 is 0 Å². The first kappa shape index (κ1) is 19.4. The highest BCUT2D eigenvalue weighted by molar-refractivity contribution is 5.93. The van der Waals surface area contributed by atoms with Gasteiger partial charge in [-0.2, -0.15) is 10.4 Å². The number of amides is 2. The lowest BCUT2D eigenvalue weighted by Gasteiger charge is -2.14. The van der Waals surface area contributed by atoms with Gasteiger partial charge in [-0.3, -0.25) is 9.69 Å². The number of ether oxygens (including phenoxy) is 1. The third kappa shape index (κ3) is 3.55. The molecule has 9 heteroatoms. The van der Waals surface area contributed by atoms with Gasteiger partial charge in [0.05, 0.1) is 12.7 Å². The molecule has 30 heavy (non-hydrogen) atoms. The molecule has 1 fully saturated rings. The van der Waals surface area contributed by atoms with Gasteiger partial charge < -0.3 is 10.1 Å². The third-order valence-electron chi connectivity index (χ3n) is 5.13. The Bertz CT molecular complexity index is 1190. The summed E-state index contributed by atoms with van der Waals surface area (Å²) >= 11 is 0. The van der Waals surface area contributed by atoms with Crippen molar-refractivity contribution in [1.82, 2.24) is 14.6 Å². The summed E-state index contributed by atoms with van der Waals surface area (Å²) in [5.74, 6) is -0.145. The molecular weight excluding hydrogens is 384 g/mol. The predicted molar refractivity (Wildman–Crippen MR) is 109 cm³/mol. The molecular formula is C21H20N6O3. The van der Waals surface area contributed by atoms with E-state index < -0.39 is 0 Å². The van der Waals surface area contributed by atoms with Crippen LogP contribution in [0.3, 0.4) is 0 Å². The lowest BCUT2D eigenvalue weighted by Crippen LogP contribution is -2.23. The minimum Gasteiger partial charge on any atom is -0.447 e. The molecule has 1 aliphatic heterocycles. The second kappa shape index (κ2) is 7.83. The number of carbonyl (C=O) groups is 2. The van der Waals surface area contributed by atoms with Crippen LogP contribution in [0.25, 0.3) is 5.65 Å². The van der Waals surface area contributed by atoms with Crippen molar-refractivity contribution < 1.29 is 14.3 Å². The van der Waals surface area contributed by atoms with E-state index in [0.29, 0.717) is 42.2 Å². The van der Waals surface area contributed by atoms with E-state index in [0.717, 1.165) is 17.0 Å². The lowest BCUT2D eigenvalue weighted by molar-refractivity contribution is -0.116. The molecule has 2 amide bonds. The number of cyclic esters (lactones) is 1. The number of nitrogens with zero attached hydrogens (tertiary/aromatic N) is 5. The molecule has 0 radical (unpaired) electrons. The van der Waals surface area contributed by atoms with E-state index in [-0.39, 0.29) is 18.4 Å². The Labute approximate surface area is 172 Å². The number of hydrogen-bond donors (Lipinski definition) is 1. The van der Waals surface area contributed by atoms with Crippen molar-refractivity contribution in [3.05, 3.63) is 53.0 Å². The molecule has 152 valence electrons. The minimum atomic E-state index is -0.384. The van der Waals surface area contributed by atoms with E-state index in [4.69, 9.17) is 4.74 Å². The topological polar surface area (TPSA) is 113 Å². The quantitative estimate of drug-likeness (QED) is 0.700. The van der Waals surface area contributed by atoms with Crippen molar-refractivity contribution in [3.8, 4) is 6.07 Å². The number of rotatable bonds is 5. The molecule has 0 atom stereocenters. The lowest BCUT2D eigenvalue weighted by atomic mass is 10.1. The largest absolute Gasteiger partial charge is 0.447 e. The zero-order valence-electron chi connectivity index (χ0n) is 16.7. The zero-order valence-corrected chi connectivity index (χ0v) is 16.7. The molecule has 9 nitrogen and oxygen atoms in total. The first-order chi connectivity index (χ1) is 14.5. The van der Waals surface area contributed by atoms with Gasteiger partial charge in [0.25, 0.3) is 0 Å². The van der Waals surface area contributed by atoms with E-state index in [1.165, 1.54) is 11.1 Å². The molecule has 1 N–H and O–H groups in total. The minimum absolute atomic E-state index is 0.145. The van der Waals surface area contributed by atoms with Crippen molar-refractivity contribution in [3.63, 3.8) is 0 Å². The summed E-state index contributed by atoms with van der Waals surface area (Å²) < 4.78 is 6.60. The Hall–Kier alpha value is -3.93. The van der Waals surface area contributed by atoms with Crippen molar-refractivity contribution in [2.24, 2.45) is 0 Å². The van der Waals surface area contributed by atoms with Crippen molar-refractivity contribution in [2.75, 3.05) is 23.4 Å². The second-order valence-electron chi connectivity index (χ2n) is 7.03. The van der Waals surface area contributed by atoms with Gasteiger partial charge in [0.1, 0.15) is 18.2 Å². The van der Waals surface area contributed by atoms with E-state index in [2.05, 4.69) is 21.5 Å². The van der Waals surface area contributed by atoms with Crippen molar-refractivity contribution >= 4 is 29.0 Å². The first-order valence-corrected chi connectivity index (χ1v) is 9.56. The molecule has 0 aliphatic carbocycles. The van der Waals surface area contributed by atoms with E-state index in [1.54, 1.807) is 28.8 Å². The van der Waals surface area contributed by atoms with Crippen molar-refractivity contribution in [1.29, 1.82) is 5.26 Å². The standard InChI is InChI=1S/C21H20N6O3/c1-13-18(14(2)27-20(24-13)15(11-22)12-23-27)6-7-19(28)25-16-4-3-5-17(10-16)26-8-9-30-21(26)29/h3-5,10,12H,6-9H2,1-2H3,(H,25,28). The Morgan fingerprint density at radius 2 is 2.20 bits per heavy atom. The summed E-state index contributed by atoms with van der Waals surface area (Å²) in [6, 6.07) is 9.20. The second-order valence-corrected chi connectivity index (χ2v) is 7.03. The number of hydrogen-bond acceptors (Lipinski definition) is 6. The average molecular weight is 404 g/mol. The fourth-order valence-electron chi connectivity index (χ4n) is 3.59. The van der Waals surface area contributed by atoms with Gasteiger partial charge in [-0.15, -0.1) is 0 Å². The molecule has 1 aliphatic rings. The van der Waals surface area contributed by atoms with Crippen LogP contribution in [0.4, 0.5) is 16.2 Å². The maximum atomic E-state index is 12.5. The fraction of sp³-hybridized carbons (Fsp3) is 0.286. The van der Waals surface area contributed by atoms with Gasteiger partial charge in [-0.1, -0.05) is 6.07 Å². The van der Waals surface area contributed by atoms with Crippen molar-refractivity contribution in [2.45, 2.75) is 26.7 Å². The van der Waals surface area contributed by atoms with Gasteiger partial charge in [-0.25, -0.2) is 14.3 Å². The van der Waals surface area contributed by atoms with Crippen LogP contribution in [0.15, 0.2) is 30.5 Å². The summed E-state index contributed by atoms with van der Waals surface area (Å²) in [7, 11) is 0. The smallest absolute Gasteiger partial charge is 0.414 e. The van der Waals surface area contributed by atoms with Crippen LogP contribution < -0.4 is 10.2 Å². The zero-order chi connectivity index (χ0) is 21.3. The Balaban J connectivity index is 1.46. The Kier molecular flexibility index (Phi) is 5.06. The molecule has 2 aromatic heterocycles. The number of benzene rings is 1. The predicted octanol–water partition coefficient (Wildman–Crippen LogP) is 2.75. The summed E-state index contributed by atoms with van der Waals surface area (Å²) in [6.45, 7) is 4.62. The number of carbonyl (C=O) groups excluding carboxylic acids is 2. The van der Waals surface area contributed by atoms with Crippen LogP contribution in [-0.2, 0) is 16.0 Å². The summed E-state index contributed by atoms with van der Waals surface area (Å²) in [6.07, 6.45) is 1.86. The molecule has 3 aromatic rings. The maximum Gasteiger partial charge on any atom is 0.414 e. The van der Waals surface area contributed by atoms with E-state index in [9.17, 15) is 14.9 Å². The molecule has 0 spiro atoms. The molecule has 1 saturated heterocycles. The normalized spacial score (nSPS) is 13.4. The van der Waals surface area contributed by atoms with E-state index in [1.807, 2.05) is 13.8 Å². The molecule has 0 unspecified atom stereocenters. The first-order valence-electron chi connectivity index (χ1n) is 9.56. The van der Waals surface area contributed by atoms with Crippen LogP contribution in [-0.4, -0.2) is 39.8 Å². The number of fused-ring (bicyclic) bond motifs is 1. The summed E-state index contributed by atoms with van der Waals surface area (Å²) in [5, 5.41) is 16.3. The summed E-state index contributed by atoms with van der Waals surface area (Å²) in [5.41, 5.74) is 4.82. The number of anilines is 2. The SMILES string of the molecule is Cc1nc2c(C#N)cnn2c(C)c1CCC(=O)Nc1cccc(N2CCOC2=O)c1. The molecule has 0 saturated carbocycles. The van der Waals surface area contributed by atoms with Crippen LogP contribution in [0.1, 0.15) is 28.9 Å². The molecule has 3 heterocycles. The Morgan fingerprint density at radius 3 is 2.93 bits per heavy atom. The fourth-order valence-corrected chi connectivity index (χ4v) is 3.59. The number of nitrogens with one attached hydrogen (secondary N) is 1. The van der Waals surface area contributed by atoms with Crippen LogP contribution in [0.2, 0.25) is 0 Å². The average Bonchev–Trinajstić information content (AvgIpc) is 3.33. The number of aryl methyl sites for hydroxylation is 2. The maximum absolute atomic E-state index is 12.5. The molecule has 1 aromatic carbocycles. The highest BCUT2D eigenvalue weighted by Crippen LogP contribution is 2.23.